The number of ketones is 1. The van der Waals surface area contributed by atoms with E-state index in [2.05, 4.69) is 12.6 Å². The van der Waals surface area contributed by atoms with Crippen LogP contribution in [0.2, 0.25) is 0 Å². The predicted molar refractivity (Wildman–Crippen MR) is 37.3 cm³/mol. The summed E-state index contributed by atoms with van der Waals surface area (Å²) in [4.78, 5) is 20.5. The number of rotatable bonds is 3. The average molecular weight is 147 g/mol. The van der Waals surface area contributed by atoms with Crippen molar-refractivity contribution in [2.24, 2.45) is 5.73 Å². The quantitative estimate of drug-likeness (QED) is 0.541. The van der Waals surface area contributed by atoms with Crippen molar-refractivity contribution >= 4 is 24.3 Å². The lowest BCUT2D eigenvalue weighted by Gasteiger charge is -2.00. The predicted octanol–water partition coefficient (Wildman–Crippen LogP) is -0.251. The molecule has 0 aliphatic heterocycles. The Bertz CT molecular complexity index is 135. The third-order valence-electron chi connectivity index (χ3n) is 0.809. The first-order valence-corrected chi connectivity index (χ1v) is 3.02. The molecule has 0 aromatic heterocycles. The number of Topliss-reactive ketones (excluding diaryl/α,β-unsaturated/α-hetero) is 1. The number of carbonyl (C=O) groups excluding carboxylic acids is 2. The number of nitrogens with two attached hydrogens (primary N) is 1. The van der Waals surface area contributed by atoms with E-state index < -0.39 is 11.2 Å². The van der Waals surface area contributed by atoms with Crippen molar-refractivity contribution in [2.45, 2.75) is 18.6 Å². The Morgan fingerprint density at radius 3 is 2.22 bits per heavy atom. The topological polar surface area (TPSA) is 60.2 Å². The molecule has 3 nitrogen and oxygen atoms in total. The number of primary amides is 1. The van der Waals surface area contributed by atoms with Crippen molar-refractivity contribution in [1.82, 2.24) is 0 Å². The lowest BCUT2D eigenvalue weighted by atomic mass is 10.2. The van der Waals surface area contributed by atoms with Crippen LogP contribution in [0.25, 0.3) is 0 Å². The Morgan fingerprint density at radius 1 is 1.67 bits per heavy atom. The van der Waals surface area contributed by atoms with Gasteiger partial charge in [0.25, 0.3) is 0 Å². The van der Waals surface area contributed by atoms with Crippen LogP contribution < -0.4 is 5.73 Å². The fourth-order valence-corrected chi connectivity index (χ4v) is 0.630. The van der Waals surface area contributed by atoms with E-state index in [9.17, 15) is 9.59 Å². The van der Waals surface area contributed by atoms with Crippen molar-refractivity contribution in [2.75, 3.05) is 0 Å². The van der Waals surface area contributed by atoms with E-state index in [1.807, 2.05) is 0 Å². The van der Waals surface area contributed by atoms with E-state index in [1.165, 1.54) is 6.92 Å². The largest absolute Gasteiger partial charge is 0.369 e. The van der Waals surface area contributed by atoms with Gasteiger partial charge in [0, 0.05) is 6.42 Å². The highest BCUT2D eigenvalue weighted by Gasteiger charge is 2.10. The molecule has 1 unspecified atom stereocenters. The number of hydrogen-bond acceptors (Lipinski definition) is 3. The molecular weight excluding hydrogens is 138 g/mol. The van der Waals surface area contributed by atoms with Gasteiger partial charge in [0.1, 0.15) is 5.78 Å². The van der Waals surface area contributed by atoms with E-state index in [0.29, 0.717) is 0 Å². The smallest absolute Gasteiger partial charge is 0.230 e. The molecule has 4 heteroatoms. The zero-order valence-electron chi connectivity index (χ0n) is 5.13. The van der Waals surface area contributed by atoms with Gasteiger partial charge in [0.05, 0.1) is 5.25 Å². The Balaban J connectivity index is 3.63. The molecule has 9 heavy (non-hydrogen) atoms. The highest BCUT2D eigenvalue weighted by molar-refractivity contribution is 7.81. The normalized spacial score (nSPS) is 12.7. The second-order valence-electron chi connectivity index (χ2n) is 1.82. The highest BCUT2D eigenvalue weighted by atomic mass is 32.1. The van der Waals surface area contributed by atoms with Gasteiger partial charge in [-0.15, -0.1) is 0 Å². The molecule has 0 saturated carbocycles. The van der Waals surface area contributed by atoms with Gasteiger partial charge in [-0.2, -0.15) is 12.6 Å². The highest BCUT2D eigenvalue weighted by Crippen LogP contribution is 1.99. The Morgan fingerprint density at radius 2 is 2.11 bits per heavy atom. The fourth-order valence-electron chi connectivity index (χ4n) is 0.373. The molecule has 1 amide bonds. The van der Waals surface area contributed by atoms with E-state index in [1.54, 1.807) is 0 Å². The Kier molecular flexibility index (Phi) is 3.30. The lowest BCUT2D eigenvalue weighted by molar-refractivity contribution is -0.122. The monoisotopic (exact) mass is 147 g/mol. The van der Waals surface area contributed by atoms with Gasteiger partial charge >= 0.3 is 0 Å². The summed E-state index contributed by atoms with van der Waals surface area (Å²) >= 11 is 3.77. The average Bonchev–Trinajstić information content (AvgIpc) is 1.63. The van der Waals surface area contributed by atoms with E-state index >= 15 is 0 Å². The molecule has 0 aliphatic rings. The maximum atomic E-state index is 10.3. The minimum absolute atomic E-state index is 0.0752. The molecule has 0 radical (unpaired) electrons. The van der Waals surface area contributed by atoms with Crippen molar-refractivity contribution in [1.29, 1.82) is 0 Å². The van der Waals surface area contributed by atoms with Crippen LogP contribution in [0, 0.1) is 0 Å². The first kappa shape index (κ1) is 8.49. The van der Waals surface area contributed by atoms with Crippen LogP contribution in [0.3, 0.4) is 0 Å². The number of amides is 1. The van der Waals surface area contributed by atoms with Crippen LogP contribution in [-0.2, 0) is 9.59 Å². The molecule has 1 atom stereocenters. The van der Waals surface area contributed by atoms with Gasteiger partial charge in [0.15, 0.2) is 0 Å². The maximum Gasteiger partial charge on any atom is 0.230 e. The number of carbonyl (C=O) groups is 2. The fraction of sp³-hybridized carbons (Fsp3) is 0.600. The molecule has 52 valence electrons. The SMILES string of the molecule is CC(=O)CC(S)C(N)=O. The molecule has 0 aromatic carbocycles. The van der Waals surface area contributed by atoms with E-state index in [-0.39, 0.29) is 12.2 Å². The van der Waals surface area contributed by atoms with Crippen LogP contribution in [0.15, 0.2) is 0 Å². The molecule has 0 spiro atoms. The van der Waals surface area contributed by atoms with Gasteiger partial charge in [-0.1, -0.05) is 0 Å². The van der Waals surface area contributed by atoms with Crippen molar-refractivity contribution < 1.29 is 9.59 Å². The summed E-state index contributed by atoms with van der Waals surface area (Å²) < 4.78 is 0. The zero-order valence-corrected chi connectivity index (χ0v) is 6.02. The van der Waals surface area contributed by atoms with E-state index in [0.717, 1.165) is 0 Å². The first-order valence-electron chi connectivity index (χ1n) is 2.51. The van der Waals surface area contributed by atoms with Crippen molar-refractivity contribution in [3.8, 4) is 0 Å². The Hall–Kier alpha value is -0.510. The molecule has 2 N–H and O–H groups in total. The van der Waals surface area contributed by atoms with Crippen molar-refractivity contribution in [3.05, 3.63) is 0 Å². The maximum absolute atomic E-state index is 10.3. The summed E-state index contributed by atoms with van der Waals surface area (Å²) in [5, 5.41) is -0.623. The van der Waals surface area contributed by atoms with E-state index in [4.69, 9.17) is 5.73 Å². The summed E-state index contributed by atoms with van der Waals surface area (Å²) in [6.45, 7) is 1.40. The van der Waals surface area contributed by atoms with Crippen LogP contribution in [0.5, 0.6) is 0 Å². The first-order chi connectivity index (χ1) is 4.04. The molecule has 0 bridgehead atoms. The third kappa shape index (κ3) is 4.02. The summed E-state index contributed by atoms with van der Waals surface area (Å²) in [5.74, 6) is -0.623. The van der Waals surface area contributed by atoms with Gasteiger partial charge in [-0.25, -0.2) is 0 Å². The molecule has 0 aliphatic carbocycles. The minimum atomic E-state index is -0.623. The molecule has 0 saturated heterocycles. The van der Waals surface area contributed by atoms with Crippen LogP contribution in [-0.4, -0.2) is 16.9 Å². The van der Waals surface area contributed by atoms with Crippen molar-refractivity contribution in [3.63, 3.8) is 0 Å². The second kappa shape index (κ2) is 3.50. The summed E-state index contributed by atoms with van der Waals surface area (Å²) in [7, 11) is 0. The third-order valence-corrected chi connectivity index (χ3v) is 1.25. The summed E-state index contributed by atoms with van der Waals surface area (Å²) in [6, 6.07) is 0. The summed E-state index contributed by atoms with van der Waals surface area (Å²) in [6.07, 6.45) is 0.123. The minimum Gasteiger partial charge on any atom is -0.369 e. The molecule has 0 aromatic rings. The molecule has 0 heterocycles. The van der Waals surface area contributed by atoms with Gasteiger partial charge in [-0.3, -0.25) is 9.59 Å². The molecule has 0 rings (SSSR count). The van der Waals surface area contributed by atoms with Crippen LogP contribution in [0.1, 0.15) is 13.3 Å². The van der Waals surface area contributed by atoms with Crippen LogP contribution >= 0.6 is 12.6 Å². The molecular formula is C5H9NO2S. The zero-order chi connectivity index (χ0) is 7.44. The second-order valence-corrected chi connectivity index (χ2v) is 2.45. The van der Waals surface area contributed by atoms with Crippen LogP contribution in [0.4, 0.5) is 0 Å². The molecule has 0 fully saturated rings. The van der Waals surface area contributed by atoms with Gasteiger partial charge in [-0.05, 0) is 6.92 Å². The summed E-state index contributed by atoms with van der Waals surface area (Å²) in [5.41, 5.74) is 4.82. The Labute approximate surface area is 59.0 Å². The lowest BCUT2D eigenvalue weighted by Crippen LogP contribution is -2.25. The van der Waals surface area contributed by atoms with Gasteiger partial charge < -0.3 is 5.73 Å². The number of hydrogen-bond donors (Lipinski definition) is 2. The van der Waals surface area contributed by atoms with Gasteiger partial charge in [0.2, 0.25) is 5.91 Å². The number of thiol groups is 1. The standard InChI is InChI=1S/C5H9NO2S/c1-3(7)2-4(9)5(6)8/h4,9H,2H2,1H3,(H2,6,8).